The van der Waals surface area contributed by atoms with E-state index in [-0.39, 0.29) is 24.3 Å². The molecule has 0 spiro atoms. The van der Waals surface area contributed by atoms with Crippen molar-refractivity contribution in [1.82, 2.24) is 5.32 Å². The van der Waals surface area contributed by atoms with E-state index in [1.54, 1.807) is 0 Å². The summed E-state index contributed by atoms with van der Waals surface area (Å²) in [6.45, 7) is 8.19. The van der Waals surface area contributed by atoms with E-state index in [0.717, 1.165) is 17.5 Å². The average Bonchev–Trinajstić information content (AvgIpc) is 2.65. The Morgan fingerprint density at radius 2 is 1.64 bits per heavy atom. The van der Waals surface area contributed by atoms with Gasteiger partial charge in [0.25, 0.3) is 5.91 Å². The van der Waals surface area contributed by atoms with Crippen molar-refractivity contribution in [1.29, 1.82) is 0 Å². The summed E-state index contributed by atoms with van der Waals surface area (Å²) < 4.78 is 5.50. The first-order valence-electron chi connectivity index (χ1n) is 9.50. The van der Waals surface area contributed by atoms with E-state index >= 15 is 0 Å². The lowest BCUT2D eigenvalue weighted by Crippen LogP contribution is -2.36. The zero-order chi connectivity index (χ0) is 20.7. The molecule has 0 heterocycles. The average molecular weight is 382 g/mol. The molecule has 1 N–H and O–H groups in total. The second kappa shape index (κ2) is 9.40. The summed E-state index contributed by atoms with van der Waals surface area (Å²) in [5, 5.41) is 13.9. The van der Waals surface area contributed by atoms with Gasteiger partial charge in [-0.1, -0.05) is 64.1 Å². The standard InChI is InChI=1S/C23H29NO4/c1-5-16-6-12-19(13-7-16)28-15-21(25)24-20(14-22(26)27)17-8-10-18(11-9-17)23(2,3)4/h6-13,20H,5,14-15H2,1-4H3,(H,24,25)(H,26,27)/p-1. The lowest BCUT2D eigenvalue weighted by Gasteiger charge is -2.23. The molecule has 0 fully saturated rings. The third-order valence-electron chi connectivity index (χ3n) is 4.59. The van der Waals surface area contributed by atoms with Crippen LogP contribution in [0.4, 0.5) is 0 Å². The highest BCUT2D eigenvalue weighted by Gasteiger charge is 2.18. The maximum Gasteiger partial charge on any atom is 0.258 e. The minimum absolute atomic E-state index is 0.00715. The van der Waals surface area contributed by atoms with Crippen LogP contribution >= 0.6 is 0 Å². The number of amides is 1. The Balaban J connectivity index is 2.02. The van der Waals surface area contributed by atoms with Crippen LogP contribution in [0.2, 0.25) is 0 Å². The van der Waals surface area contributed by atoms with Crippen molar-refractivity contribution in [3.05, 3.63) is 65.2 Å². The highest BCUT2D eigenvalue weighted by atomic mass is 16.5. The zero-order valence-corrected chi connectivity index (χ0v) is 17.0. The van der Waals surface area contributed by atoms with Gasteiger partial charge in [0.15, 0.2) is 6.61 Å². The summed E-state index contributed by atoms with van der Waals surface area (Å²) in [6.07, 6.45) is 0.630. The van der Waals surface area contributed by atoms with Gasteiger partial charge in [-0.25, -0.2) is 0 Å². The number of rotatable bonds is 8. The van der Waals surface area contributed by atoms with Gasteiger partial charge in [-0.2, -0.15) is 0 Å². The maximum atomic E-state index is 12.3. The van der Waals surface area contributed by atoms with Gasteiger partial charge in [0.1, 0.15) is 5.75 Å². The highest BCUT2D eigenvalue weighted by molar-refractivity contribution is 5.79. The smallest absolute Gasteiger partial charge is 0.258 e. The first-order valence-corrected chi connectivity index (χ1v) is 9.50. The van der Waals surface area contributed by atoms with Crippen LogP contribution in [0, 0.1) is 0 Å². The Bertz CT molecular complexity index is 789. The van der Waals surface area contributed by atoms with Gasteiger partial charge in [0, 0.05) is 12.4 Å². The van der Waals surface area contributed by atoms with Crippen molar-refractivity contribution in [3.8, 4) is 5.75 Å². The van der Waals surface area contributed by atoms with Crippen molar-refractivity contribution in [2.75, 3.05) is 6.61 Å². The molecular formula is C23H28NO4-. The van der Waals surface area contributed by atoms with Crippen molar-refractivity contribution in [2.24, 2.45) is 0 Å². The lowest BCUT2D eigenvalue weighted by atomic mass is 9.86. The van der Waals surface area contributed by atoms with Crippen LogP contribution in [0.5, 0.6) is 5.75 Å². The number of carboxylic acid groups (broad SMARTS) is 1. The van der Waals surface area contributed by atoms with Crippen molar-refractivity contribution < 1.29 is 19.4 Å². The molecule has 1 unspecified atom stereocenters. The second-order valence-corrected chi connectivity index (χ2v) is 7.85. The molecule has 0 aliphatic rings. The first kappa shape index (κ1) is 21.5. The monoisotopic (exact) mass is 382 g/mol. The van der Waals surface area contributed by atoms with Gasteiger partial charge >= 0.3 is 0 Å². The fourth-order valence-corrected chi connectivity index (χ4v) is 2.84. The van der Waals surface area contributed by atoms with E-state index in [9.17, 15) is 14.7 Å². The molecule has 5 nitrogen and oxygen atoms in total. The fraction of sp³-hybridized carbons (Fsp3) is 0.391. The van der Waals surface area contributed by atoms with Crippen molar-refractivity contribution in [3.63, 3.8) is 0 Å². The molecular weight excluding hydrogens is 354 g/mol. The Hall–Kier alpha value is -2.82. The molecule has 2 aromatic carbocycles. The van der Waals surface area contributed by atoms with E-state index in [4.69, 9.17) is 4.74 Å². The van der Waals surface area contributed by atoms with Crippen molar-refractivity contribution >= 4 is 11.9 Å². The minimum Gasteiger partial charge on any atom is -0.550 e. The van der Waals surface area contributed by atoms with E-state index in [2.05, 4.69) is 33.0 Å². The molecule has 0 aliphatic carbocycles. The number of carbonyl (C=O) groups excluding carboxylic acids is 2. The molecule has 0 radical (unpaired) electrons. The number of carboxylic acids is 1. The summed E-state index contributed by atoms with van der Waals surface area (Å²) in [4.78, 5) is 23.4. The predicted octanol–water partition coefficient (Wildman–Crippen LogP) is 2.92. The number of ether oxygens (including phenoxy) is 1. The molecule has 1 atom stereocenters. The van der Waals surface area contributed by atoms with Crippen LogP contribution in [-0.2, 0) is 21.4 Å². The van der Waals surface area contributed by atoms with Crippen LogP contribution in [-0.4, -0.2) is 18.5 Å². The normalized spacial score (nSPS) is 12.3. The Morgan fingerprint density at radius 1 is 1.04 bits per heavy atom. The van der Waals surface area contributed by atoms with Crippen LogP contribution in [0.3, 0.4) is 0 Å². The number of aliphatic carboxylic acids is 1. The predicted molar refractivity (Wildman–Crippen MR) is 107 cm³/mol. The number of aryl methyl sites for hydroxylation is 1. The quantitative estimate of drug-likeness (QED) is 0.761. The van der Waals surface area contributed by atoms with Gasteiger partial charge < -0.3 is 20.0 Å². The number of hydrogen-bond acceptors (Lipinski definition) is 4. The van der Waals surface area contributed by atoms with Gasteiger partial charge in [0.2, 0.25) is 0 Å². The number of nitrogens with one attached hydrogen (secondary N) is 1. The zero-order valence-electron chi connectivity index (χ0n) is 17.0. The molecule has 2 aromatic rings. The molecule has 2 rings (SSSR count). The largest absolute Gasteiger partial charge is 0.550 e. The van der Waals surface area contributed by atoms with Gasteiger partial charge in [-0.3, -0.25) is 4.79 Å². The van der Waals surface area contributed by atoms with Crippen LogP contribution in [0.15, 0.2) is 48.5 Å². The molecule has 1 amide bonds. The number of hydrogen-bond donors (Lipinski definition) is 1. The third kappa shape index (κ3) is 6.41. The molecule has 150 valence electrons. The summed E-state index contributed by atoms with van der Waals surface area (Å²) in [6, 6.07) is 14.5. The van der Waals surface area contributed by atoms with Gasteiger partial charge in [-0.05, 0) is 40.7 Å². The molecule has 0 bridgehead atoms. The third-order valence-corrected chi connectivity index (χ3v) is 4.59. The molecule has 0 aromatic heterocycles. The summed E-state index contributed by atoms with van der Waals surface area (Å²) in [5.41, 5.74) is 3.03. The Kier molecular flexibility index (Phi) is 7.21. The Labute approximate surface area is 166 Å². The van der Waals surface area contributed by atoms with E-state index in [1.807, 2.05) is 48.5 Å². The number of benzene rings is 2. The highest BCUT2D eigenvalue weighted by Crippen LogP contribution is 2.25. The van der Waals surface area contributed by atoms with Crippen molar-refractivity contribution in [2.45, 2.75) is 52.0 Å². The summed E-state index contributed by atoms with van der Waals surface area (Å²) >= 11 is 0. The first-order chi connectivity index (χ1) is 13.2. The van der Waals surface area contributed by atoms with E-state index in [0.29, 0.717) is 5.75 Å². The van der Waals surface area contributed by atoms with Gasteiger partial charge in [-0.15, -0.1) is 0 Å². The van der Waals surface area contributed by atoms with Gasteiger partial charge in [0.05, 0.1) is 6.04 Å². The van der Waals surface area contributed by atoms with Crippen LogP contribution in [0.25, 0.3) is 0 Å². The summed E-state index contributed by atoms with van der Waals surface area (Å²) in [7, 11) is 0. The minimum atomic E-state index is -1.22. The Morgan fingerprint density at radius 3 is 2.14 bits per heavy atom. The molecule has 28 heavy (non-hydrogen) atoms. The molecule has 0 saturated heterocycles. The SMILES string of the molecule is CCc1ccc(OCC(=O)NC(CC(=O)[O-])c2ccc(C(C)(C)C)cc2)cc1. The second-order valence-electron chi connectivity index (χ2n) is 7.85. The van der Waals surface area contributed by atoms with Crippen LogP contribution < -0.4 is 15.2 Å². The molecule has 0 saturated carbocycles. The summed E-state index contributed by atoms with van der Waals surface area (Å²) in [5.74, 6) is -1.01. The van der Waals surface area contributed by atoms with Crippen LogP contribution in [0.1, 0.15) is 56.8 Å². The molecule has 0 aliphatic heterocycles. The lowest BCUT2D eigenvalue weighted by molar-refractivity contribution is -0.306. The molecule has 5 heteroatoms. The maximum absolute atomic E-state index is 12.3. The number of carbonyl (C=O) groups is 2. The topological polar surface area (TPSA) is 78.5 Å². The fourth-order valence-electron chi connectivity index (χ4n) is 2.84. The van der Waals surface area contributed by atoms with E-state index < -0.39 is 12.0 Å². The van der Waals surface area contributed by atoms with E-state index in [1.165, 1.54) is 5.56 Å².